The number of hydrogen-bond donors (Lipinski definition) is 0. The molecule has 1 aromatic heterocycles. The normalized spacial score (nSPS) is 13.3. The minimum Gasteiger partial charge on any atom is -0.456 e. The Morgan fingerprint density at radius 1 is 0.365 bits per heavy atom. The Morgan fingerprint density at radius 2 is 0.942 bits per heavy atom. The molecule has 0 unspecified atom stereocenters. The highest BCUT2D eigenvalue weighted by molar-refractivity contribution is 6.22. The number of hydrogen-bond acceptors (Lipinski definition) is 1. The molecule has 0 fully saturated rings. The first-order valence-electron chi connectivity index (χ1n) is 18.2. The van der Waals surface area contributed by atoms with Gasteiger partial charge in [0.15, 0.2) is 0 Å². The molecular weight excluding hydrogens is 629 g/mol. The summed E-state index contributed by atoms with van der Waals surface area (Å²) in [5.41, 5.74) is 14.7. The minimum atomic E-state index is -0.143. The molecule has 0 saturated heterocycles. The summed E-state index contributed by atoms with van der Waals surface area (Å²) in [5, 5.41) is 10.0. The lowest BCUT2D eigenvalue weighted by molar-refractivity contribution is 0.665. The monoisotopic (exact) mass is 662 g/mol. The van der Waals surface area contributed by atoms with Crippen LogP contribution < -0.4 is 0 Å². The van der Waals surface area contributed by atoms with E-state index in [0.717, 1.165) is 11.2 Å². The number of fused-ring (bicyclic) bond motifs is 11. The van der Waals surface area contributed by atoms with E-state index in [2.05, 4.69) is 178 Å². The third-order valence-electron chi connectivity index (χ3n) is 11.6. The standard InChI is InChI=1S/C51H34O/c1-51(2)44-27-23-33(30-43(44)41-25-24-39-40(50(41)51)26-28-46-49(39)42-21-10-11-22-45(42)52-46)32-15-12-16-34(29-32)48-37-19-8-6-17-35(37)47(31-13-4-3-5-14-31)36-18-7-9-20-38(36)48/h3-30H,1-2H3. The van der Waals surface area contributed by atoms with Gasteiger partial charge in [-0.3, -0.25) is 0 Å². The average Bonchev–Trinajstić information content (AvgIpc) is 3.69. The van der Waals surface area contributed by atoms with Crippen molar-refractivity contribution in [2.24, 2.45) is 0 Å². The topological polar surface area (TPSA) is 13.1 Å². The van der Waals surface area contributed by atoms with Crippen LogP contribution in [-0.4, -0.2) is 0 Å². The molecule has 1 nitrogen and oxygen atoms in total. The van der Waals surface area contributed by atoms with Crippen LogP contribution in [0, 0.1) is 0 Å². The Kier molecular flexibility index (Phi) is 6.08. The van der Waals surface area contributed by atoms with Crippen molar-refractivity contribution in [1.82, 2.24) is 0 Å². The molecule has 0 atom stereocenters. The van der Waals surface area contributed by atoms with E-state index in [0.29, 0.717) is 0 Å². The van der Waals surface area contributed by atoms with Crippen LogP contribution in [0.4, 0.5) is 0 Å². The predicted octanol–water partition coefficient (Wildman–Crippen LogP) is 14.4. The largest absolute Gasteiger partial charge is 0.456 e. The smallest absolute Gasteiger partial charge is 0.136 e. The maximum absolute atomic E-state index is 6.27. The van der Waals surface area contributed by atoms with Crippen LogP contribution in [0.3, 0.4) is 0 Å². The zero-order valence-corrected chi connectivity index (χ0v) is 29.1. The fourth-order valence-corrected chi connectivity index (χ4v) is 9.36. The first-order chi connectivity index (χ1) is 25.6. The number of rotatable bonds is 3. The van der Waals surface area contributed by atoms with Gasteiger partial charge >= 0.3 is 0 Å². The van der Waals surface area contributed by atoms with E-state index in [1.54, 1.807) is 0 Å². The third kappa shape index (κ3) is 4.05. The molecule has 52 heavy (non-hydrogen) atoms. The molecule has 0 N–H and O–H groups in total. The van der Waals surface area contributed by atoms with Crippen molar-refractivity contribution >= 4 is 54.3 Å². The van der Waals surface area contributed by atoms with E-state index in [1.807, 2.05) is 6.07 Å². The summed E-state index contributed by atoms with van der Waals surface area (Å²) < 4.78 is 6.27. The average molecular weight is 663 g/mol. The molecule has 0 aliphatic heterocycles. The van der Waals surface area contributed by atoms with Gasteiger partial charge < -0.3 is 4.42 Å². The van der Waals surface area contributed by atoms with E-state index in [9.17, 15) is 0 Å². The molecule has 0 radical (unpaired) electrons. The number of para-hydroxylation sites is 1. The Labute approximate surface area is 302 Å². The van der Waals surface area contributed by atoms with Gasteiger partial charge in [-0.15, -0.1) is 0 Å². The fraction of sp³-hybridized carbons (Fsp3) is 0.0588. The quantitative estimate of drug-likeness (QED) is 0.172. The lowest BCUT2D eigenvalue weighted by atomic mass is 9.79. The Hall–Kier alpha value is -6.44. The molecule has 244 valence electrons. The molecule has 11 rings (SSSR count). The molecule has 10 aromatic rings. The molecule has 0 spiro atoms. The second kappa shape index (κ2) is 10.8. The van der Waals surface area contributed by atoms with Crippen LogP contribution in [0.2, 0.25) is 0 Å². The van der Waals surface area contributed by atoms with E-state index in [1.165, 1.54) is 98.7 Å². The molecular formula is C51H34O. The second-order valence-electron chi connectivity index (χ2n) is 14.8. The highest BCUT2D eigenvalue weighted by Gasteiger charge is 2.37. The van der Waals surface area contributed by atoms with E-state index in [-0.39, 0.29) is 5.41 Å². The summed E-state index contributed by atoms with van der Waals surface area (Å²) in [4.78, 5) is 0. The van der Waals surface area contributed by atoms with Gasteiger partial charge in [-0.2, -0.15) is 0 Å². The van der Waals surface area contributed by atoms with E-state index < -0.39 is 0 Å². The fourth-order valence-electron chi connectivity index (χ4n) is 9.36. The van der Waals surface area contributed by atoms with Crippen LogP contribution in [0.15, 0.2) is 174 Å². The van der Waals surface area contributed by atoms with Gasteiger partial charge in [0.05, 0.1) is 0 Å². The van der Waals surface area contributed by atoms with Crippen molar-refractivity contribution in [1.29, 1.82) is 0 Å². The van der Waals surface area contributed by atoms with Crippen molar-refractivity contribution in [3.63, 3.8) is 0 Å². The maximum Gasteiger partial charge on any atom is 0.136 e. The highest BCUT2D eigenvalue weighted by Crippen LogP contribution is 2.53. The molecule has 1 aliphatic rings. The predicted molar refractivity (Wildman–Crippen MR) is 220 cm³/mol. The van der Waals surface area contributed by atoms with Gasteiger partial charge in [0.2, 0.25) is 0 Å². The van der Waals surface area contributed by atoms with Crippen molar-refractivity contribution in [2.75, 3.05) is 0 Å². The molecule has 0 bridgehead atoms. The molecule has 0 saturated carbocycles. The third-order valence-corrected chi connectivity index (χ3v) is 11.6. The molecule has 1 heterocycles. The van der Waals surface area contributed by atoms with Gasteiger partial charge in [-0.1, -0.05) is 159 Å². The van der Waals surface area contributed by atoms with E-state index >= 15 is 0 Å². The summed E-state index contributed by atoms with van der Waals surface area (Å²) >= 11 is 0. The Morgan fingerprint density at radius 3 is 1.67 bits per heavy atom. The van der Waals surface area contributed by atoms with Gasteiger partial charge in [-0.05, 0) is 112 Å². The van der Waals surface area contributed by atoms with Crippen molar-refractivity contribution in [3.05, 3.63) is 181 Å². The maximum atomic E-state index is 6.27. The summed E-state index contributed by atoms with van der Waals surface area (Å²) in [5.74, 6) is 0. The van der Waals surface area contributed by atoms with E-state index in [4.69, 9.17) is 4.42 Å². The molecule has 9 aromatic carbocycles. The molecule has 1 heteroatoms. The summed E-state index contributed by atoms with van der Waals surface area (Å²) in [6, 6.07) is 62.4. The second-order valence-corrected chi connectivity index (χ2v) is 14.8. The lowest BCUT2D eigenvalue weighted by Crippen LogP contribution is -2.15. The summed E-state index contributed by atoms with van der Waals surface area (Å²) in [6.45, 7) is 4.76. The van der Waals surface area contributed by atoms with Crippen molar-refractivity contribution in [2.45, 2.75) is 19.3 Å². The molecule has 0 amide bonds. The van der Waals surface area contributed by atoms with Crippen LogP contribution >= 0.6 is 0 Å². The van der Waals surface area contributed by atoms with Gasteiger partial charge in [-0.25, -0.2) is 0 Å². The van der Waals surface area contributed by atoms with Gasteiger partial charge in [0, 0.05) is 16.2 Å². The SMILES string of the molecule is CC1(C)c2ccc(-c3cccc(-c4c5ccccc5c(-c5ccccc5)c5ccccc45)c3)cc2-c2ccc3c(ccc4oc5ccccc5c43)c21. The highest BCUT2D eigenvalue weighted by atomic mass is 16.3. The lowest BCUT2D eigenvalue weighted by Gasteiger charge is -2.23. The first-order valence-corrected chi connectivity index (χ1v) is 18.2. The van der Waals surface area contributed by atoms with Crippen LogP contribution in [0.1, 0.15) is 25.0 Å². The number of furan rings is 1. The van der Waals surface area contributed by atoms with Gasteiger partial charge in [0.1, 0.15) is 11.2 Å². The van der Waals surface area contributed by atoms with Crippen LogP contribution in [0.5, 0.6) is 0 Å². The van der Waals surface area contributed by atoms with Crippen LogP contribution in [0.25, 0.3) is 98.8 Å². The Balaban J connectivity index is 1.09. The van der Waals surface area contributed by atoms with Crippen molar-refractivity contribution < 1.29 is 4.42 Å². The first kappa shape index (κ1) is 29.3. The zero-order valence-electron chi connectivity index (χ0n) is 29.1. The number of benzene rings is 9. The van der Waals surface area contributed by atoms with Gasteiger partial charge in [0.25, 0.3) is 0 Å². The Bertz CT molecular complexity index is 3030. The van der Waals surface area contributed by atoms with Crippen LogP contribution in [-0.2, 0) is 5.41 Å². The summed E-state index contributed by atoms with van der Waals surface area (Å²) in [7, 11) is 0. The van der Waals surface area contributed by atoms with Crippen molar-refractivity contribution in [3.8, 4) is 44.5 Å². The minimum absolute atomic E-state index is 0.143. The molecule has 1 aliphatic carbocycles. The zero-order chi connectivity index (χ0) is 34.6. The summed E-state index contributed by atoms with van der Waals surface area (Å²) in [6.07, 6.45) is 0.